The summed E-state index contributed by atoms with van der Waals surface area (Å²) in [5, 5.41) is 2.63. The van der Waals surface area contributed by atoms with E-state index in [2.05, 4.69) is 95.9 Å². The van der Waals surface area contributed by atoms with Crippen LogP contribution in [0.4, 0.5) is 0 Å². The summed E-state index contributed by atoms with van der Waals surface area (Å²) in [5.74, 6) is 0.961. The third-order valence-electron chi connectivity index (χ3n) is 6.51. The minimum absolute atomic E-state index is 0.289. The van der Waals surface area contributed by atoms with E-state index in [-0.39, 0.29) is 6.10 Å². The number of methoxy groups -OCH3 is 1. The fourth-order valence-electron chi connectivity index (χ4n) is 4.66. The van der Waals surface area contributed by atoms with Crippen LogP contribution < -0.4 is 4.74 Å². The summed E-state index contributed by atoms with van der Waals surface area (Å²) in [5.41, 5.74) is 4.99. The van der Waals surface area contributed by atoms with Gasteiger partial charge in [-0.3, -0.25) is 4.90 Å². The molecule has 0 aliphatic carbocycles. The van der Waals surface area contributed by atoms with E-state index >= 15 is 0 Å². The SMILES string of the molecule is COCc1ccc(-c2ccc(OC3CCN(Cc4ccc5ccccc5c4)CC3)cc2)cc1. The van der Waals surface area contributed by atoms with Crippen LogP contribution in [0.1, 0.15) is 24.0 Å². The molecule has 0 N–H and O–H groups in total. The molecule has 1 fully saturated rings. The molecule has 168 valence electrons. The highest BCUT2D eigenvalue weighted by atomic mass is 16.5. The normalized spacial score (nSPS) is 15.1. The lowest BCUT2D eigenvalue weighted by Gasteiger charge is -2.32. The minimum atomic E-state index is 0.289. The van der Waals surface area contributed by atoms with E-state index in [1.807, 2.05) is 0 Å². The van der Waals surface area contributed by atoms with Crippen molar-refractivity contribution in [2.45, 2.75) is 32.1 Å². The van der Waals surface area contributed by atoms with E-state index in [9.17, 15) is 0 Å². The maximum Gasteiger partial charge on any atom is 0.119 e. The summed E-state index contributed by atoms with van der Waals surface area (Å²) in [6.45, 7) is 3.80. The largest absolute Gasteiger partial charge is 0.490 e. The molecule has 0 spiro atoms. The number of ether oxygens (including phenoxy) is 2. The topological polar surface area (TPSA) is 21.7 Å². The Labute approximate surface area is 196 Å². The molecule has 1 aliphatic rings. The predicted molar refractivity (Wildman–Crippen MR) is 135 cm³/mol. The summed E-state index contributed by atoms with van der Waals surface area (Å²) in [4.78, 5) is 2.54. The number of rotatable bonds is 7. The van der Waals surface area contributed by atoms with E-state index in [4.69, 9.17) is 9.47 Å². The van der Waals surface area contributed by atoms with Crippen LogP contribution in [-0.2, 0) is 17.9 Å². The molecule has 3 heteroatoms. The van der Waals surface area contributed by atoms with Gasteiger partial charge in [0.1, 0.15) is 11.9 Å². The number of hydrogen-bond donors (Lipinski definition) is 0. The van der Waals surface area contributed by atoms with Gasteiger partial charge in [0.15, 0.2) is 0 Å². The van der Waals surface area contributed by atoms with Crippen LogP contribution in [0.15, 0.2) is 91.0 Å². The van der Waals surface area contributed by atoms with Crippen molar-refractivity contribution in [3.05, 3.63) is 102 Å². The quantitative estimate of drug-likeness (QED) is 0.321. The number of piperidine rings is 1. The zero-order valence-corrected chi connectivity index (χ0v) is 19.2. The summed E-state index contributed by atoms with van der Waals surface area (Å²) in [6, 6.07) is 32.4. The number of benzene rings is 4. The molecule has 0 unspecified atom stereocenters. The van der Waals surface area contributed by atoms with Crippen molar-refractivity contribution in [1.29, 1.82) is 0 Å². The zero-order valence-electron chi connectivity index (χ0n) is 19.2. The lowest BCUT2D eigenvalue weighted by atomic mass is 10.0. The van der Waals surface area contributed by atoms with Gasteiger partial charge in [0.05, 0.1) is 6.61 Å². The molecular weight excluding hydrogens is 406 g/mol. The standard InChI is InChI=1S/C30H31NO2/c1-32-22-23-6-9-26(10-7-23)27-12-14-29(15-13-27)33-30-16-18-31(19-17-30)21-24-8-11-25-4-2-3-5-28(25)20-24/h2-15,20,30H,16-19,21-22H2,1H3. The molecule has 4 aromatic rings. The van der Waals surface area contributed by atoms with E-state index in [0.717, 1.165) is 38.2 Å². The number of nitrogens with zero attached hydrogens (tertiary/aromatic N) is 1. The van der Waals surface area contributed by atoms with Crippen LogP contribution in [0, 0.1) is 0 Å². The Morgan fingerprint density at radius 1 is 0.727 bits per heavy atom. The molecule has 33 heavy (non-hydrogen) atoms. The molecular formula is C30H31NO2. The fraction of sp³-hybridized carbons (Fsp3) is 0.267. The van der Waals surface area contributed by atoms with Crippen LogP contribution in [0.5, 0.6) is 5.75 Å². The van der Waals surface area contributed by atoms with Crippen LogP contribution in [0.25, 0.3) is 21.9 Å². The Hall–Kier alpha value is -3.14. The fourth-order valence-corrected chi connectivity index (χ4v) is 4.66. The molecule has 5 rings (SSSR count). The van der Waals surface area contributed by atoms with Crippen LogP contribution in [0.3, 0.4) is 0 Å². The van der Waals surface area contributed by atoms with Crippen LogP contribution in [-0.4, -0.2) is 31.2 Å². The van der Waals surface area contributed by atoms with Gasteiger partial charge in [-0.15, -0.1) is 0 Å². The van der Waals surface area contributed by atoms with E-state index in [0.29, 0.717) is 6.61 Å². The predicted octanol–water partition coefficient (Wildman–Crippen LogP) is 6.70. The maximum absolute atomic E-state index is 6.31. The smallest absolute Gasteiger partial charge is 0.119 e. The van der Waals surface area contributed by atoms with Crippen molar-refractivity contribution in [3.63, 3.8) is 0 Å². The van der Waals surface area contributed by atoms with E-state index in [1.54, 1.807) is 7.11 Å². The van der Waals surface area contributed by atoms with Gasteiger partial charge in [-0.1, -0.05) is 72.8 Å². The van der Waals surface area contributed by atoms with Crippen molar-refractivity contribution in [3.8, 4) is 16.9 Å². The van der Waals surface area contributed by atoms with Gasteiger partial charge >= 0.3 is 0 Å². The molecule has 1 aliphatic heterocycles. The first-order valence-corrected chi connectivity index (χ1v) is 11.8. The van der Waals surface area contributed by atoms with Crippen molar-refractivity contribution in [1.82, 2.24) is 4.90 Å². The van der Waals surface area contributed by atoms with Crippen molar-refractivity contribution < 1.29 is 9.47 Å². The van der Waals surface area contributed by atoms with Gasteiger partial charge in [-0.2, -0.15) is 0 Å². The maximum atomic E-state index is 6.31. The molecule has 0 amide bonds. The molecule has 3 nitrogen and oxygen atoms in total. The third-order valence-corrected chi connectivity index (χ3v) is 6.51. The van der Waals surface area contributed by atoms with Crippen molar-refractivity contribution in [2.24, 2.45) is 0 Å². The lowest BCUT2D eigenvalue weighted by molar-refractivity contribution is 0.0968. The summed E-state index contributed by atoms with van der Waals surface area (Å²) in [7, 11) is 1.72. The molecule has 0 saturated carbocycles. The Kier molecular flexibility index (Phi) is 6.71. The molecule has 0 aromatic heterocycles. The highest BCUT2D eigenvalue weighted by Gasteiger charge is 2.20. The lowest BCUT2D eigenvalue weighted by Crippen LogP contribution is -2.37. The molecule has 0 bridgehead atoms. The first-order valence-electron chi connectivity index (χ1n) is 11.8. The molecule has 4 aromatic carbocycles. The molecule has 1 saturated heterocycles. The Balaban J connectivity index is 1.13. The van der Waals surface area contributed by atoms with Gasteiger partial charge < -0.3 is 9.47 Å². The van der Waals surface area contributed by atoms with Crippen LogP contribution in [0.2, 0.25) is 0 Å². The first kappa shape index (κ1) is 21.7. The number of fused-ring (bicyclic) bond motifs is 1. The van der Waals surface area contributed by atoms with E-state index < -0.39 is 0 Å². The highest BCUT2D eigenvalue weighted by Crippen LogP contribution is 2.26. The van der Waals surface area contributed by atoms with Gasteiger partial charge in [0, 0.05) is 26.7 Å². The Morgan fingerprint density at radius 3 is 2.06 bits per heavy atom. The molecule has 0 radical (unpaired) electrons. The first-order chi connectivity index (χ1) is 16.3. The molecule has 1 heterocycles. The number of hydrogen-bond acceptors (Lipinski definition) is 3. The van der Waals surface area contributed by atoms with Crippen molar-refractivity contribution >= 4 is 10.8 Å². The second-order valence-electron chi connectivity index (χ2n) is 8.93. The summed E-state index contributed by atoms with van der Waals surface area (Å²) < 4.78 is 11.5. The average Bonchev–Trinajstić information content (AvgIpc) is 2.86. The minimum Gasteiger partial charge on any atom is -0.490 e. The monoisotopic (exact) mass is 437 g/mol. The van der Waals surface area contributed by atoms with Gasteiger partial charge in [0.25, 0.3) is 0 Å². The Bertz CT molecular complexity index is 1180. The van der Waals surface area contributed by atoms with Gasteiger partial charge in [0.2, 0.25) is 0 Å². The average molecular weight is 438 g/mol. The highest BCUT2D eigenvalue weighted by molar-refractivity contribution is 5.82. The summed E-state index contributed by atoms with van der Waals surface area (Å²) >= 11 is 0. The van der Waals surface area contributed by atoms with Crippen molar-refractivity contribution in [2.75, 3.05) is 20.2 Å². The second-order valence-corrected chi connectivity index (χ2v) is 8.93. The Morgan fingerprint density at radius 2 is 1.36 bits per heavy atom. The third kappa shape index (κ3) is 5.44. The second kappa shape index (κ2) is 10.2. The summed E-state index contributed by atoms with van der Waals surface area (Å²) in [6.07, 6.45) is 2.42. The molecule has 0 atom stereocenters. The van der Waals surface area contributed by atoms with Gasteiger partial charge in [-0.25, -0.2) is 0 Å². The van der Waals surface area contributed by atoms with Crippen LogP contribution >= 0.6 is 0 Å². The van der Waals surface area contributed by atoms with Gasteiger partial charge in [-0.05, 0) is 64.1 Å². The van der Waals surface area contributed by atoms with E-state index in [1.165, 1.54) is 33.0 Å². The zero-order chi connectivity index (χ0) is 22.5. The number of likely N-dealkylation sites (tertiary alicyclic amines) is 1.